The van der Waals surface area contributed by atoms with E-state index in [-0.39, 0.29) is 34.9 Å². The molecule has 204 valence electrons. The average molecular weight is 530 g/mol. The van der Waals surface area contributed by atoms with Crippen molar-refractivity contribution in [3.63, 3.8) is 0 Å². The van der Waals surface area contributed by atoms with Gasteiger partial charge in [-0.05, 0) is 40.7 Å². The SMILES string of the molecule is COc1cc(C2C3=C(CC(C)(C)CC3=O)OC3=C2C(=O)CC(C)(C)C3)ccc1OCC(=O)Nc1ccccc1. The van der Waals surface area contributed by atoms with E-state index >= 15 is 0 Å². The molecule has 7 nitrogen and oxygen atoms in total. The van der Waals surface area contributed by atoms with Gasteiger partial charge in [0.1, 0.15) is 11.5 Å². The summed E-state index contributed by atoms with van der Waals surface area (Å²) in [5.74, 6) is 1.34. The van der Waals surface area contributed by atoms with Crippen LogP contribution < -0.4 is 14.8 Å². The maximum Gasteiger partial charge on any atom is 0.262 e. The van der Waals surface area contributed by atoms with Crippen LogP contribution in [0.15, 0.2) is 71.2 Å². The van der Waals surface area contributed by atoms with Crippen LogP contribution in [0.4, 0.5) is 5.69 Å². The highest BCUT2D eigenvalue weighted by atomic mass is 16.5. The molecule has 2 aromatic rings. The number of rotatable bonds is 6. The van der Waals surface area contributed by atoms with E-state index in [0.717, 1.165) is 5.56 Å². The summed E-state index contributed by atoms with van der Waals surface area (Å²) in [5.41, 5.74) is 2.14. The van der Waals surface area contributed by atoms with Crippen LogP contribution in [0.2, 0.25) is 0 Å². The van der Waals surface area contributed by atoms with Crippen LogP contribution in [0.3, 0.4) is 0 Å². The van der Waals surface area contributed by atoms with Gasteiger partial charge in [0, 0.05) is 48.4 Å². The Bertz CT molecular complexity index is 1350. The van der Waals surface area contributed by atoms with E-state index in [4.69, 9.17) is 14.2 Å². The maximum atomic E-state index is 13.5. The molecule has 1 heterocycles. The van der Waals surface area contributed by atoms with Gasteiger partial charge < -0.3 is 19.5 Å². The molecule has 2 aromatic carbocycles. The Balaban J connectivity index is 1.48. The second-order valence-corrected chi connectivity index (χ2v) is 12.2. The van der Waals surface area contributed by atoms with Crippen LogP contribution in [-0.2, 0) is 19.1 Å². The standard InChI is InChI=1S/C32H35NO6/c1-31(2)14-21(34)29-25(16-31)39-26-17-32(3,4)15-22(35)30(26)28(29)19-11-12-23(24(13-19)37-5)38-18-27(36)33-20-9-7-6-8-10-20/h6-13,28H,14-18H2,1-5H3,(H,33,36). The number of allylic oxidation sites excluding steroid dienone is 4. The van der Waals surface area contributed by atoms with Crippen molar-refractivity contribution in [2.24, 2.45) is 10.8 Å². The lowest BCUT2D eigenvalue weighted by molar-refractivity contribution is -0.120. The Morgan fingerprint density at radius 1 is 0.872 bits per heavy atom. The first-order valence-corrected chi connectivity index (χ1v) is 13.3. The summed E-state index contributed by atoms with van der Waals surface area (Å²) >= 11 is 0. The van der Waals surface area contributed by atoms with Crippen molar-refractivity contribution < 1.29 is 28.6 Å². The number of carbonyl (C=O) groups excluding carboxylic acids is 3. The summed E-state index contributed by atoms with van der Waals surface area (Å²) in [4.78, 5) is 39.4. The Hall–Kier alpha value is -3.87. The molecule has 2 aliphatic carbocycles. The highest BCUT2D eigenvalue weighted by molar-refractivity contribution is 6.06. The lowest BCUT2D eigenvalue weighted by atomic mass is 9.65. The maximum absolute atomic E-state index is 13.5. The predicted molar refractivity (Wildman–Crippen MR) is 147 cm³/mol. The number of carbonyl (C=O) groups is 3. The van der Waals surface area contributed by atoms with E-state index in [1.807, 2.05) is 24.3 Å². The molecular formula is C32H35NO6. The molecular weight excluding hydrogens is 494 g/mol. The zero-order chi connectivity index (χ0) is 27.9. The molecule has 0 atom stereocenters. The number of Topliss-reactive ketones (excluding diaryl/α,β-unsaturated/α-hetero) is 2. The highest BCUT2D eigenvalue weighted by Crippen LogP contribution is 2.53. The third-order valence-electron chi connectivity index (χ3n) is 7.52. The number of anilines is 1. The van der Waals surface area contributed by atoms with Gasteiger partial charge in [0.2, 0.25) is 0 Å². The molecule has 0 saturated carbocycles. The van der Waals surface area contributed by atoms with Gasteiger partial charge in [-0.2, -0.15) is 0 Å². The topological polar surface area (TPSA) is 90.9 Å². The summed E-state index contributed by atoms with van der Waals surface area (Å²) < 4.78 is 17.8. The first kappa shape index (κ1) is 26.7. The quantitative estimate of drug-likeness (QED) is 0.485. The van der Waals surface area contributed by atoms with Crippen molar-refractivity contribution in [1.82, 2.24) is 0 Å². The molecule has 1 aliphatic heterocycles. The molecule has 39 heavy (non-hydrogen) atoms. The molecule has 0 aromatic heterocycles. The van der Waals surface area contributed by atoms with Crippen molar-refractivity contribution in [2.75, 3.05) is 19.0 Å². The van der Waals surface area contributed by atoms with Gasteiger partial charge in [-0.1, -0.05) is 52.0 Å². The number of benzene rings is 2. The van der Waals surface area contributed by atoms with E-state index in [1.165, 1.54) is 7.11 Å². The number of nitrogens with one attached hydrogen (secondary N) is 1. The van der Waals surface area contributed by atoms with Crippen LogP contribution in [0.25, 0.3) is 0 Å². The number of para-hydroxylation sites is 1. The fourth-order valence-electron chi connectivity index (χ4n) is 5.85. The van der Waals surface area contributed by atoms with Crippen molar-refractivity contribution in [3.05, 3.63) is 76.8 Å². The molecule has 0 bridgehead atoms. The minimum absolute atomic E-state index is 0.00677. The lowest BCUT2D eigenvalue weighted by Crippen LogP contribution is -2.37. The Kier molecular flexibility index (Phi) is 6.87. The molecule has 1 N–H and O–H groups in total. The van der Waals surface area contributed by atoms with E-state index < -0.39 is 5.92 Å². The number of methoxy groups -OCH3 is 1. The molecule has 0 spiro atoms. The molecule has 0 fully saturated rings. The fourth-order valence-corrected chi connectivity index (χ4v) is 5.85. The third kappa shape index (κ3) is 5.49. The lowest BCUT2D eigenvalue weighted by Gasteiger charge is -2.42. The monoisotopic (exact) mass is 529 g/mol. The number of amides is 1. The van der Waals surface area contributed by atoms with Gasteiger partial charge in [0.05, 0.1) is 7.11 Å². The van der Waals surface area contributed by atoms with Gasteiger partial charge in [-0.15, -0.1) is 0 Å². The van der Waals surface area contributed by atoms with Gasteiger partial charge in [-0.25, -0.2) is 0 Å². The first-order chi connectivity index (χ1) is 18.5. The zero-order valence-electron chi connectivity index (χ0n) is 23.2. The Morgan fingerprint density at radius 2 is 1.46 bits per heavy atom. The molecule has 5 rings (SSSR count). The van der Waals surface area contributed by atoms with Gasteiger partial charge in [0.15, 0.2) is 29.7 Å². The number of ketones is 2. The Morgan fingerprint density at radius 3 is 2.03 bits per heavy atom. The molecule has 1 amide bonds. The number of ether oxygens (including phenoxy) is 3. The van der Waals surface area contributed by atoms with Crippen LogP contribution in [-0.4, -0.2) is 31.2 Å². The van der Waals surface area contributed by atoms with Gasteiger partial charge in [0.25, 0.3) is 5.91 Å². The second kappa shape index (κ2) is 10.0. The largest absolute Gasteiger partial charge is 0.493 e. The van der Waals surface area contributed by atoms with Gasteiger partial charge in [-0.3, -0.25) is 14.4 Å². The fraction of sp³-hybridized carbons (Fsp3) is 0.406. The molecule has 0 radical (unpaired) electrons. The summed E-state index contributed by atoms with van der Waals surface area (Å²) in [6.07, 6.45) is 2.04. The van der Waals surface area contributed by atoms with Gasteiger partial charge >= 0.3 is 0 Å². The normalized spacial score (nSPS) is 20.1. The van der Waals surface area contributed by atoms with Crippen molar-refractivity contribution in [3.8, 4) is 11.5 Å². The van der Waals surface area contributed by atoms with Crippen LogP contribution in [0.1, 0.15) is 64.9 Å². The molecule has 0 saturated heterocycles. The summed E-state index contributed by atoms with van der Waals surface area (Å²) in [6.45, 7) is 8.06. The zero-order valence-corrected chi connectivity index (χ0v) is 23.2. The third-order valence-corrected chi connectivity index (χ3v) is 7.52. The molecule has 7 heteroatoms. The van der Waals surface area contributed by atoms with E-state index in [2.05, 4.69) is 33.0 Å². The van der Waals surface area contributed by atoms with Crippen LogP contribution in [0.5, 0.6) is 11.5 Å². The number of hydrogen-bond acceptors (Lipinski definition) is 6. The summed E-state index contributed by atoms with van der Waals surface area (Å²) in [6, 6.07) is 14.5. The highest BCUT2D eigenvalue weighted by Gasteiger charge is 2.47. The molecule has 3 aliphatic rings. The molecule has 0 unspecified atom stereocenters. The van der Waals surface area contributed by atoms with E-state index in [9.17, 15) is 14.4 Å². The first-order valence-electron chi connectivity index (χ1n) is 13.3. The smallest absolute Gasteiger partial charge is 0.262 e. The van der Waals surface area contributed by atoms with Crippen molar-refractivity contribution >= 4 is 23.2 Å². The van der Waals surface area contributed by atoms with Crippen LogP contribution >= 0.6 is 0 Å². The summed E-state index contributed by atoms with van der Waals surface area (Å²) in [7, 11) is 1.53. The van der Waals surface area contributed by atoms with E-state index in [1.54, 1.807) is 24.3 Å². The average Bonchev–Trinajstić information content (AvgIpc) is 2.85. The minimum atomic E-state index is -0.528. The minimum Gasteiger partial charge on any atom is -0.493 e. The second-order valence-electron chi connectivity index (χ2n) is 12.2. The van der Waals surface area contributed by atoms with Crippen LogP contribution in [0, 0.1) is 10.8 Å². The van der Waals surface area contributed by atoms with Crippen molar-refractivity contribution in [2.45, 2.75) is 59.3 Å². The Labute approximate surface area is 229 Å². The van der Waals surface area contributed by atoms with E-state index in [0.29, 0.717) is 65.5 Å². The summed E-state index contributed by atoms with van der Waals surface area (Å²) in [5, 5.41) is 2.79. The van der Waals surface area contributed by atoms with Crippen molar-refractivity contribution in [1.29, 1.82) is 0 Å². The number of hydrogen-bond donors (Lipinski definition) is 1. The predicted octanol–water partition coefficient (Wildman–Crippen LogP) is 6.11.